The van der Waals surface area contributed by atoms with Crippen LogP contribution < -0.4 is 29.6 Å². The van der Waals surface area contributed by atoms with E-state index in [9.17, 15) is 8.76 Å². The molecule has 62 valence electrons. The summed E-state index contributed by atoms with van der Waals surface area (Å²) in [7, 11) is 0. The second-order valence-corrected chi connectivity index (χ2v) is 3.04. The van der Waals surface area contributed by atoms with Gasteiger partial charge >= 0.3 is 29.6 Å². The van der Waals surface area contributed by atoms with Crippen LogP contribution in [0.15, 0.2) is 23.4 Å². The maximum absolute atomic E-state index is 10.6. The van der Waals surface area contributed by atoms with Gasteiger partial charge in [0, 0.05) is 6.20 Å². The molecule has 0 aliphatic carbocycles. The molecule has 0 saturated carbocycles. The van der Waals surface area contributed by atoms with Crippen LogP contribution in [0.3, 0.4) is 0 Å². The molecule has 0 aliphatic heterocycles. The SMILES string of the molecule is O=S([O-])c1[nH]nc2ncccc12.[Na+]. The van der Waals surface area contributed by atoms with Crippen LogP contribution in [0.25, 0.3) is 11.0 Å². The minimum atomic E-state index is -2.28. The summed E-state index contributed by atoms with van der Waals surface area (Å²) in [5.41, 5.74) is 0.414. The van der Waals surface area contributed by atoms with E-state index in [-0.39, 0.29) is 34.6 Å². The van der Waals surface area contributed by atoms with Gasteiger partial charge in [-0.15, -0.1) is 0 Å². The molecule has 2 rings (SSSR count). The molecule has 0 fully saturated rings. The summed E-state index contributed by atoms with van der Waals surface area (Å²) in [6.07, 6.45) is 1.56. The Kier molecular flexibility index (Phi) is 3.57. The van der Waals surface area contributed by atoms with E-state index in [0.717, 1.165) is 0 Å². The Morgan fingerprint density at radius 3 is 3.00 bits per heavy atom. The molecule has 0 bridgehead atoms. The molecule has 0 spiro atoms. The Morgan fingerprint density at radius 1 is 1.54 bits per heavy atom. The third-order valence-electron chi connectivity index (χ3n) is 1.46. The van der Waals surface area contributed by atoms with Crippen molar-refractivity contribution in [3.8, 4) is 0 Å². The van der Waals surface area contributed by atoms with Gasteiger partial charge in [-0.2, -0.15) is 5.10 Å². The van der Waals surface area contributed by atoms with Crippen molar-refractivity contribution >= 4 is 22.1 Å². The van der Waals surface area contributed by atoms with Crippen LogP contribution in [-0.2, 0) is 11.1 Å². The minimum absolute atomic E-state index is 0. The summed E-state index contributed by atoms with van der Waals surface area (Å²) in [6, 6.07) is 3.31. The molecular formula is C6H4N3NaO2S. The fourth-order valence-electron chi connectivity index (χ4n) is 0.954. The maximum Gasteiger partial charge on any atom is 1.00 e. The molecule has 5 nitrogen and oxygen atoms in total. The smallest absolute Gasteiger partial charge is 0.767 e. The van der Waals surface area contributed by atoms with Crippen LogP contribution in [0, 0.1) is 0 Å². The molecule has 13 heavy (non-hydrogen) atoms. The molecule has 7 heteroatoms. The number of hydrogen-bond acceptors (Lipinski definition) is 4. The molecular weight excluding hydrogens is 201 g/mol. The first-order chi connectivity index (χ1) is 5.79. The van der Waals surface area contributed by atoms with Crippen LogP contribution in [0.5, 0.6) is 0 Å². The number of rotatable bonds is 1. The monoisotopic (exact) mass is 205 g/mol. The van der Waals surface area contributed by atoms with E-state index in [0.29, 0.717) is 11.0 Å². The first-order valence-electron chi connectivity index (χ1n) is 3.17. The van der Waals surface area contributed by atoms with Gasteiger partial charge < -0.3 is 4.55 Å². The standard InChI is InChI=1S/C6H5N3O2S.Na/c10-12(11)6-4-2-1-3-7-5(4)8-9-6;/h1-3H,(H,10,11)(H,7,8,9);/q;+1/p-1. The van der Waals surface area contributed by atoms with Gasteiger partial charge in [0.2, 0.25) is 0 Å². The van der Waals surface area contributed by atoms with Gasteiger partial charge in [-0.1, -0.05) is 0 Å². The van der Waals surface area contributed by atoms with Gasteiger partial charge in [-0.05, 0) is 23.2 Å². The molecule has 1 unspecified atom stereocenters. The predicted molar refractivity (Wildman–Crippen MR) is 41.1 cm³/mol. The molecule has 0 amide bonds. The van der Waals surface area contributed by atoms with E-state index in [1.165, 1.54) is 0 Å². The third-order valence-corrected chi connectivity index (χ3v) is 2.11. The average molecular weight is 205 g/mol. The van der Waals surface area contributed by atoms with Crippen molar-refractivity contribution in [3.63, 3.8) is 0 Å². The van der Waals surface area contributed by atoms with Crippen LogP contribution in [0.4, 0.5) is 0 Å². The van der Waals surface area contributed by atoms with E-state index in [1.54, 1.807) is 18.3 Å². The zero-order valence-corrected chi connectivity index (χ0v) is 9.67. The van der Waals surface area contributed by atoms with Crippen molar-refractivity contribution in [3.05, 3.63) is 18.3 Å². The number of nitrogens with zero attached hydrogens (tertiary/aromatic N) is 2. The minimum Gasteiger partial charge on any atom is -0.767 e. The van der Waals surface area contributed by atoms with Crippen molar-refractivity contribution in [2.75, 3.05) is 0 Å². The maximum atomic E-state index is 10.6. The average Bonchev–Trinajstić information content (AvgIpc) is 2.47. The zero-order valence-electron chi connectivity index (χ0n) is 6.85. The normalized spacial score (nSPS) is 12.4. The van der Waals surface area contributed by atoms with Crippen LogP contribution in [-0.4, -0.2) is 23.9 Å². The Hall–Kier alpha value is -0.270. The molecule has 0 saturated heterocycles. The van der Waals surface area contributed by atoms with Crippen molar-refractivity contribution < 1.29 is 38.3 Å². The summed E-state index contributed by atoms with van der Waals surface area (Å²) >= 11 is -2.28. The fourth-order valence-corrected chi connectivity index (χ4v) is 1.41. The Bertz CT molecular complexity index is 444. The Labute approximate surface area is 98.5 Å². The van der Waals surface area contributed by atoms with Gasteiger partial charge in [0.05, 0.1) is 5.39 Å². The Morgan fingerprint density at radius 2 is 2.31 bits per heavy atom. The number of H-pyrrole nitrogens is 1. The molecule has 0 radical (unpaired) electrons. The topological polar surface area (TPSA) is 81.7 Å². The number of aromatic nitrogens is 3. The van der Waals surface area contributed by atoms with Crippen molar-refractivity contribution in [1.82, 2.24) is 15.2 Å². The van der Waals surface area contributed by atoms with Crippen molar-refractivity contribution in [2.24, 2.45) is 0 Å². The van der Waals surface area contributed by atoms with Crippen LogP contribution >= 0.6 is 0 Å². The first kappa shape index (κ1) is 10.8. The molecule has 2 aromatic heterocycles. The number of nitrogens with one attached hydrogen (secondary N) is 1. The van der Waals surface area contributed by atoms with Gasteiger partial charge in [0.1, 0.15) is 5.03 Å². The van der Waals surface area contributed by atoms with E-state index >= 15 is 0 Å². The number of hydrogen-bond donors (Lipinski definition) is 1. The van der Waals surface area contributed by atoms with Gasteiger partial charge in [-0.25, -0.2) is 4.98 Å². The van der Waals surface area contributed by atoms with Gasteiger partial charge in [-0.3, -0.25) is 9.31 Å². The number of fused-ring (bicyclic) bond motifs is 1. The van der Waals surface area contributed by atoms with Crippen molar-refractivity contribution in [1.29, 1.82) is 0 Å². The van der Waals surface area contributed by atoms with Gasteiger partial charge in [0.15, 0.2) is 5.65 Å². The fraction of sp³-hybridized carbons (Fsp3) is 0. The molecule has 0 aromatic carbocycles. The second-order valence-electron chi connectivity index (χ2n) is 2.16. The largest absolute Gasteiger partial charge is 1.00 e. The Balaban J connectivity index is 0.000000845. The molecule has 1 N–H and O–H groups in total. The molecule has 2 heterocycles. The first-order valence-corrected chi connectivity index (χ1v) is 4.25. The number of pyridine rings is 1. The molecule has 0 aliphatic rings. The van der Waals surface area contributed by atoms with Crippen molar-refractivity contribution in [2.45, 2.75) is 5.03 Å². The number of aromatic amines is 1. The van der Waals surface area contributed by atoms with E-state index < -0.39 is 11.1 Å². The van der Waals surface area contributed by atoms with Crippen LogP contribution in [0.1, 0.15) is 0 Å². The summed E-state index contributed by atoms with van der Waals surface area (Å²) in [5.74, 6) is 0. The second kappa shape index (κ2) is 4.30. The summed E-state index contributed by atoms with van der Waals surface area (Å²) in [6.45, 7) is 0. The van der Waals surface area contributed by atoms with Crippen LogP contribution in [0.2, 0.25) is 0 Å². The summed E-state index contributed by atoms with van der Waals surface area (Å²) < 4.78 is 21.2. The van der Waals surface area contributed by atoms with E-state index in [4.69, 9.17) is 0 Å². The summed E-state index contributed by atoms with van der Waals surface area (Å²) in [5, 5.41) is 6.70. The van der Waals surface area contributed by atoms with Gasteiger partial charge in [0.25, 0.3) is 0 Å². The predicted octanol–water partition coefficient (Wildman–Crippen LogP) is -2.80. The quantitative estimate of drug-likeness (QED) is 0.403. The molecule has 2 aromatic rings. The summed E-state index contributed by atoms with van der Waals surface area (Å²) in [4.78, 5) is 3.87. The van der Waals surface area contributed by atoms with E-state index in [1.807, 2.05) is 0 Å². The molecule has 1 atom stereocenters. The van der Waals surface area contributed by atoms with E-state index in [2.05, 4.69) is 15.2 Å². The zero-order chi connectivity index (χ0) is 8.55. The third kappa shape index (κ3) is 1.97.